The molecule has 1 heterocycles. The highest BCUT2D eigenvalue weighted by Crippen LogP contribution is 2.60. The molecule has 1 amide bonds. The lowest BCUT2D eigenvalue weighted by molar-refractivity contribution is -0.191. The first-order valence-corrected chi connectivity index (χ1v) is 15.1. The average molecular weight is 557 g/mol. The fourth-order valence-electron chi connectivity index (χ4n) is 9.28. The van der Waals surface area contributed by atoms with Crippen molar-refractivity contribution in [1.82, 2.24) is 4.90 Å². The number of benzene rings is 1. The van der Waals surface area contributed by atoms with Crippen LogP contribution in [0, 0.1) is 35.0 Å². The predicted molar refractivity (Wildman–Crippen MR) is 143 cm³/mol. The van der Waals surface area contributed by atoms with E-state index < -0.39 is 0 Å². The Morgan fingerprint density at radius 2 is 1.64 bits per heavy atom. The Hall–Kier alpha value is -1.45. The van der Waals surface area contributed by atoms with Gasteiger partial charge in [0.05, 0.1) is 0 Å². The zero-order valence-corrected chi connectivity index (χ0v) is 23.8. The van der Waals surface area contributed by atoms with Gasteiger partial charge in [0.1, 0.15) is 0 Å². The van der Waals surface area contributed by atoms with Crippen LogP contribution in [0.1, 0.15) is 102 Å². The van der Waals surface area contributed by atoms with E-state index in [4.69, 9.17) is 9.59 Å². The number of nitrogens with zero attached hydrogens (tertiary/aromatic N) is 1. The molecule has 4 nitrogen and oxygen atoms in total. The highest BCUT2D eigenvalue weighted by molar-refractivity contribution is 9.10. The molecule has 196 valence electrons. The number of piperidine rings is 1. The van der Waals surface area contributed by atoms with Crippen molar-refractivity contribution in [2.75, 3.05) is 13.1 Å². The van der Waals surface area contributed by atoms with Gasteiger partial charge in [-0.1, -0.05) is 55.3 Å². The summed E-state index contributed by atoms with van der Waals surface area (Å²) in [6, 6.07) is 6.86. The molecular formula is C31H42BrNO3. The Kier molecular flexibility index (Phi) is 7.29. The summed E-state index contributed by atoms with van der Waals surface area (Å²) < 4.78 is 1.29. The summed E-state index contributed by atoms with van der Waals surface area (Å²) in [5.74, 6) is 5.48. The Morgan fingerprint density at radius 1 is 1.06 bits per heavy atom. The molecule has 5 fully saturated rings. The quantitative estimate of drug-likeness (QED) is 0.397. The van der Waals surface area contributed by atoms with Gasteiger partial charge >= 0.3 is 6.15 Å². The van der Waals surface area contributed by atoms with Gasteiger partial charge in [0.2, 0.25) is 5.91 Å². The SMILES string of the molecule is CCC(C)(C)C1CC2(CCN(C(=O)CC3C4CC5CC(C4)CC3C5)CC2)c2c(Br)cccc21.O=C=O. The average Bonchev–Trinajstić information content (AvgIpc) is 3.17. The fourth-order valence-corrected chi connectivity index (χ4v) is 10.1. The zero-order valence-electron chi connectivity index (χ0n) is 22.2. The number of hydrogen-bond donors (Lipinski definition) is 0. The first-order chi connectivity index (χ1) is 17.2. The van der Waals surface area contributed by atoms with Crippen LogP contribution in [0.25, 0.3) is 0 Å². The first kappa shape index (κ1) is 26.2. The molecule has 4 saturated carbocycles. The Bertz CT molecular complexity index is 991. The third kappa shape index (κ3) is 4.53. The summed E-state index contributed by atoms with van der Waals surface area (Å²) in [5, 5.41) is 0. The van der Waals surface area contributed by atoms with Crippen molar-refractivity contribution in [3.63, 3.8) is 0 Å². The molecule has 6 aliphatic rings. The molecule has 0 N–H and O–H groups in total. The maximum Gasteiger partial charge on any atom is 0.373 e. The van der Waals surface area contributed by atoms with Crippen molar-refractivity contribution in [3.05, 3.63) is 33.8 Å². The van der Waals surface area contributed by atoms with E-state index in [1.54, 1.807) is 11.1 Å². The van der Waals surface area contributed by atoms with Crippen LogP contribution in [0.15, 0.2) is 22.7 Å². The van der Waals surface area contributed by atoms with E-state index in [1.165, 1.54) is 49.4 Å². The highest BCUT2D eigenvalue weighted by Gasteiger charge is 2.52. The van der Waals surface area contributed by atoms with E-state index >= 15 is 0 Å². The monoisotopic (exact) mass is 555 g/mol. The topological polar surface area (TPSA) is 54.5 Å². The molecule has 1 aromatic carbocycles. The predicted octanol–water partition coefficient (Wildman–Crippen LogP) is 7.11. The van der Waals surface area contributed by atoms with Gasteiger partial charge in [-0.2, -0.15) is 9.59 Å². The van der Waals surface area contributed by atoms with Gasteiger partial charge in [-0.15, -0.1) is 0 Å². The Balaban J connectivity index is 0.000000848. The lowest BCUT2D eigenvalue weighted by Crippen LogP contribution is -2.49. The second-order valence-corrected chi connectivity index (χ2v) is 14.2. The van der Waals surface area contributed by atoms with Crippen molar-refractivity contribution in [2.24, 2.45) is 35.0 Å². The second kappa shape index (κ2) is 10.0. The van der Waals surface area contributed by atoms with E-state index in [0.29, 0.717) is 23.2 Å². The van der Waals surface area contributed by atoms with Crippen LogP contribution in [0.5, 0.6) is 0 Å². The minimum absolute atomic E-state index is 0.242. The van der Waals surface area contributed by atoms with E-state index in [9.17, 15) is 4.79 Å². The van der Waals surface area contributed by atoms with Crippen LogP contribution in [-0.4, -0.2) is 30.0 Å². The van der Waals surface area contributed by atoms with Crippen LogP contribution in [0.3, 0.4) is 0 Å². The maximum absolute atomic E-state index is 13.5. The number of hydrogen-bond acceptors (Lipinski definition) is 3. The molecular weight excluding hydrogens is 514 g/mol. The molecule has 7 rings (SSSR count). The lowest BCUT2D eigenvalue weighted by atomic mass is 9.51. The number of rotatable bonds is 4. The Morgan fingerprint density at radius 3 is 2.19 bits per heavy atom. The van der Waals surface area contributed by atoms with Crippen LogP contribution < -0.4 is 0 Å². The van der Waals surface area contributed by atoms with Gasteiger partial charge in [0.25, 0.3) is 0 Å². The molecule has 1 unspecified atom stereocenters. The molecule has 1 aromatic rings. The van der Waals surface area contributed by atoms with Crippen LogP contribution >= 0.6 is 15.9 Å². The molecule has 5 heteroatoms. The summed E-state index contributed by atoms with van der Waals surface area (Å²) in [4.78, 5) is 32.0. The van der Waals surface area contributed by atoms with Gasteiger partial charge < -0.3 is 4.90 Å². The van der Waals surface area contributed by atoms with E-state index in [-0.39, 0.29) is 11.6 Å². The molecule has 5 aliphatic carbocycles. The van der Waals surface area contributed by atoms with Gasteiger partial charge in [-0.3, -0.25) is 4.79 Å². The fraction of sp³-hybridized carbons (Fsp3) is 0.742. The van der Waals surface area contributed by atoms with Gasteiger partial charge in [-0.25, -0.2) is 0 Å². The minimum atomic E-state index is 0.242. The van der Waals surface area contributed by atoms with Crippen LogP contribution in [-0.2, 0) is 19.8 Å². The third-order valence-electron chi connectivity index (χ3n) is 11.3. The van der Waals surface area contributed by atoms with Crippen LogP contribution in [0.4, 0.5) is 0 Å². The molecule has 36 heavy (non-hydrogen) atoms. The summed E-state index contributed by atoms with van der Waals surface area (Å²) >= 11 is 3.94. The number of halogens is 1. The molecule has 1 atom stereocenters. The number of likely N-dealkylation sites (tertiary alicyclic amines) is 1. The normalized spacial score (nSPS) is 33.6. The van der Waals surface area contributed by atoms with E-state index in [1.807, 2.05) is 0 Å². The number of amides is 1. The van der Waals surface area contributed by atoms with Gasteiger partial charge in [-0.05, 0) is 109 Å². The van der Waals surface area contributed by atoms with Crippen molar-refractivity contribution < 1.29 is 14.4 Å². The van der Waals surface area contributed by atoms with Gasteiger partial charge in [0.15, 0.2) is 0 Å². The lowest BCUT2D eigenvalue weighted by Gasteiger charge is -2.54. The van der Waals surface area contributed by atoms with Crippen molar-refractivity contribution in [3.8, 4) is 0 Å². The Labute approximate surface area is 225 Å². The summed E-state index contributed by atoms with van der Waals surface area (Å²) in [7, 11) is 0. The second-order valence-electron chi connectivity index (χ2n) is 13.3. The largest absolute Gasteiger partial charge is 0.373 e. The maximum atomic E-state index is 13.5. The van der Waals surface area contributed by atoms with Crippen molar-refractivity contribution in [2.45, 2.75) is 96.3 Å². The first-order valence-electron chi connectivity index (χ1n) is 14.3. The molecule has 1 aliphatic heterocycles. The number of fused-ring (bicyclic) bond motifs is 2. The minimum Gasteiger partial charge on any atom is -0.343 e. The summed E-state index contributed by atoms with van der Waals surface area (Å²) in [6.07, 6.45) is 13.0. The molecule has 1 spiro atoms. The smallest absolute Gasteiger partial charge is 0.343 e. The van der Waals surface area contributed by atoms with Gasteiger partial charge in [0, 0.05) is 29.4 Å². The summed E-state index contributed by atoms with van der Waals surface area (Å²) in [5.41, 5.74) is 3.70. The zero-order chi connectivity index (χ0) is 25.7. The third-order valence-corrected chi connectivity index (χ3v) is 12.0. The standard InChI is InChI=1S/C30H42BrNO.CO2/c1-4-29(2,3)25-18-30(28-23(25)6-5-7-26(28)31)8-10-32(11-9-30)27(33)17-24-21-13-19-12-20(15-21)16-22(24)14-19;2-1-3/h5-7,19-22,24-25H,4,8-18H2,1-3H3;. The summed E-state index contributed by atoms with van der Waals surface area (Å²) in [6.45, 7) is 9.14. The van der Waals surface area contributed by atoms with E-state index in [0.717, 1.165) is 56.0 Å². The van der Waals surface area contributed by atoms with Crippen LogP contribution in [0.2, 0.25) is 0 Å². The highest BCUT2D eigenvalue weighted by atomic mass is 79.9. The van der Waals surface area contributed by atoms with E-state index in [2.05, 4.69) is 59.8 Å². The molecule has 0 aromatic heterocycles. The van der Waals surface area contributed by atoms with Crippen molar-refractivity contribution in [1.29, 1.82) is 0 Å². The molecule has 1 saturated heterocycles. The van der Waals surface area contributed by atoms with Crippen molar-refractivity contribution >= 4 is 28.0 Å². The molecule has 0 radical (unpaired) electrons. The number of carbonyl (C=O) groups is 1. The molecule has 4 bridgehead atoms. The number of carbonyl (C=O) groups excluding carboxylic acids is 3.